The van der Waals surface area contributed by atoms with Crippen molar-refractivity contribution in [1.29, 1.82) is 0 Å². The van der Waals surface area contributed by atoms with Crippen LogP contribution in [0.4, 0.5) is 13.2 Å². The predicted octanol–water partition coefficient (Wildman–Crippen LogP) is 6.55. The third-order valence-electron chi connectivity index (χ3n) is 6.37. The number of halogens is 5. The molecule has 4 aromatic rings. The van der Waals surface area contributed by atoms with Crippen molar-refractivity contribution in [3.8, 4) is 5.75 Å². The molecular formula is C26H28Cl2F3N3O. The Labute approximate surface area is 214 Å². The number of nitrogens with one attached hydrogen (secondary N) is 1. The fourth-order valence-electron chi connectivity index (χ4n) is 4.99. The average molecular weight is 526 g/mol. The number of alkyl halides is 3. The summed E-state index contributed by atoms with van der Waals surface area (Å²) in [4.78, 5) is 2.39. The summed E-state index contributed by atoms with van der Waals surface area (Å²) >= 11 is 0. The second kappa shape index (κ2) is 11.1. The molecule has 3 aromatic carbocycles. The quantitative estimate of drug-likeness (QED) is 0.320. The van der Waals surface area contributed by atoms with Gasteiger partial charge in [0.05, 0.1) is 6.04 Å². The van der Waals surface area contributed by atoms with Gasteiger partial charge < -0.3 is 14.6 Å². The molecule has 1 saturated heterocycles. The van der Waals surface area contributed by atoms with Crippen LogP contribution < -0.4 is 10.1 Å². The summed E-state index contributed by atoms with van der Waals surface area (Å²) < 4.78 is 44.3. The number of hydrogen-bond donors (Lipinski definition) is 1. The molecule has 2 heterocycles. The van der Waals surface area contributed by atoms with E-state index in [-0.39, 0.29) is 36.6 Å². The lowest BCUT2D eigenvalue weighted by atomic mass is 9.95. The van der Waals surface area contributed by atoms with E-state index in [0.717, 1.165) is 43.9 Å². The molecule has 35 heavy (non-hydrogen) atoms. The van der Waals surface area contributed by atoms with Crippen molar-refractivity contribution in [2.24, 2.45) is 0 Å². The van der Waals surface area contributed by atoms with Crippen molar-refractivity contribution in [3.05, 3.63) is 77.9 Å². The molecule has 0 unspecified atom stereocenters. The zero-order valence-electron chi connectivity index (χ0n) is 19.2. The summed E-state index contributed by atoms with van der Waals surface area (Å²) in [7, 11) is 0. The third-order valence-corrected chi connectivity index (χ3v) is 6.37. The van der Waals surface area contributed by atoms with Crippen LogP contribution in [0, 0.1) is 0 Å². The number of benzene rings is 3. The number of rotatable bonds is 5. The monoisotopic (exact) mass is 525 g/mol. The first-order chi connectivity index (χ1) is 15.9. The van der Waals surface area contributed by atoms with Crippen molar-refractivity contribution >= 4 is 46.6 Å². The predicted molar refractivity (Wildman–Crippen MR) is 139 cm³/mol. The van der Waals surface area contributed by atoms with Crippen molar-refractivity contribution in [1.82, 2.24) is 14.8 Å². The number of piperazine rings is 1. The number of hydrogen-bond acceptors (Lipinski definition) is 3. The summed E-state index contributed by atoms with van der Waals surface area (Å²) in [5.74, 6) is -0.202. The van der Waals surface area contributed by atoms with Crippen LogP contribution in [0.3, 0.4) is 0 Å². The Morgan fingerprint density at radius 2 is 1.49 bits per heavy atom. The summed E-state index contributed by atoms with van der Waals surface area (Å²) in [6.07, 6.45) is -4.70. The van der Waals surface area contributed by atoms with E-state index < -0.39 is 6.36 Å². The molecule has 0 radical (unpaired) electrons. The molecule has 0 aliphatic carbocycles. The number of aromatic nitrogens is 1. The molecule has 5 rings (SSSR count). The van der Waals surface area contributed by atoms with Gasteiger partial charge >= 0.3 is 6.36 Å². The van der Waals surface area contributed by atoms with E-state index >= 15 is 0 Å². The third kappa shape index (κ3) is 5.54. The number of para-hydroxylation sites is 1. The minimum Gasteiger partial charge on any atom is -0.406 e. The highest BCUT2D eigenvalue weighted by molar-refractivity contribution is 6.08. The highest BCUT2D eigenvalue weighted by Crippen LogP contribution is 2.36. The van der Waals surface area contributed by atoms with Gasteiger partial charge in [-0.2, -0.15) is 0 Å². The van der Waals surface area contributed by atoms with Gasteiger partial charge in [0.1, 0.15) is 5.75 Å². The minimum atomic E-state index is -4.70. The van der Waals surface area contributed by atoms with Crippen LogP contribution in [0.25, 0.3) is 21.8 Å². The standard InChI is InChI=1S/C26H26F3N3O.2ClH/c1-2-32-23-6-4-3-5-21(23)22-17-19(9-12-24(22)32)25(31-15-13-30-14-16-31)18-7-10-20(11-8-18)33-26(27,28)29;;/h3-12,17,25,30H,2,13-16H2,1H3;2*1H/t25-;;/m1../s1. The van der Waals surface area contributed by atoms with Crippen molar-refractivity contribution in [2.75, 3.05) is 26.2 Å². The summed E-state index contributed by atoms with van der Waals surface area (Å²) in [5.41, 5.74) is 4.48. The second-order valence-corrected chi connectivity index (χ2v) is 8.34. The molecule has 0 amide bonds. The SMILES string of the molecule is CCn1c2ccccc2c2cc([C@@H](c3ccc(OC(F)(F)F)cc3)N3CCNCC3)ccc21.Cl.Cl. The first-order valence-electron chi connectivity index (χ1n) is 11.3. The van der Waals surface area contributed by atoms with Gasteiger partial charge in [0, 0.05) is 54.5 Å². The molecule has 4 nitrogen and oxygen atoms in total. The number of ether oxygens (including phenoxy) is 1. The highest BCUT2D eigenvalue weighted by atomic mass is 35.5. The van der Waals surface area contributed by atoms with Gasteiger partial charge in [-0.05, 0) is 48.4 Å². The van der Waals surface area contributed by atoms with Gasteiger partial charge in [-0.3, -0.25) is 4.90 Å². The Balaban J connectivity index is 0.00000171. The van der Waals surface area contributed by atoms with E-state index in [1.165, 1.54) is 33.9 Å². The fraction of sp³-hybridized carbons (Fsp3) is 0.308. The molecular weight excluding hydrogens is 498 g/mol. The minimum absolute atomic E-state index is 0. The molecule has 1 aliphatic rings. The van der Waals surface area contributed by atoms with E-state index in [2.05, 4.69) is 68.9 Å². The maximum absolute atomic E-state index is 12.6. The maximum atomic E-state index is 12.6. The van der Waals surface area contributed by atoms with E-state index in [9.17, 15) is 13.2 Å². The fourth-order valence-corrected chi connectivity index (χ4v) is 4.99. The molecule has 1 atom stereocenters. The Bertz CT molecular complexity index is 1270. The molecule has 188 valence electrons. The van der Waals surface area contributed by atoms with E-state index in [4.69, 9.17) is 0 Å². The van der Waals surface area contributed by atoms with Gasteiger partial charge in [0.2, 0.25) is 0 Å². The Hall–Kier alpha value is -2.45. The van der Waals surface area contributed by atoms with Gasteiger partial charge in [-0.15, -0.1) is 38.0 Å². The molecule has 1 aromatic heterocycles. The number of fused-ring (bicyclic) bond motifs is 3. The zero-order chi connectivity index (χ0) is 23.0. The Kier molecular flexibility index (Phi) is 8.59. The molecule has 0 bridgehead atoms. The first kappa shape index (κ1) is 27.1. The lowest BCUT2D eigenvalue weighted by Crippen LogP contribution is -2.45. The smallest absolute Gasteiger partial charge is 0.406 e. The van der Waals surface area contributed by atoms with Gasteiger partial charge in [-0.1, -0.05) is 36.4 Å². The van der Waals surface area contributed by atoms with Gasteiger partial charge in [0.15, 0.2) is 0 Å². The number of aryl methyl sites for hydroxylation is 1. The van der Waals surface area contributed by atoms with Gasteiger partial charge in [0.25, 0.3) is 0 Å². The molecule has 0 saturated carbocycles. The van der Waals surface area contributed by atoms with Crippen LogP contribution in [0.1, 0.15) is 24.1 Å². The molecule has 1 N–H and O–H groups in total. The highest BCUT2D eigenvalue weighted by Gasteiger charge is 2.31. The van der Waals surface area contributed by atoms with Crippen LogP contribution in [-0.4, -0.2) is 42.0 Å². The first-order valence-corrected chi connectivity index (χ1v) is 11.3. The lowest BCUT2D eigenvalue weighted by molar-refractivity contribution is -0.274. The second-order valence-electron chi connectivity index (χ2n) is 8.34. The van der Waals surface area contributed by atoms with Crippen LogP contribution in [0.2, 0.25) is 0 Å². The van der Waals surface area contributed by atoms with Crippen LogP contribution in [0.15, 0.2) is 66.7 Å². The molecule has 1 aliphatic heterocycles. The molecule has 0 spiro atoms. The van der Waals surface area contributed by atoms with Crippen LogP contribution in [0.5, 0.6) is 5.75 Å². The van der Waals surface area contributed by atoms with E-state index in [0.29, 0.717) is 0 Å². The molecule has 1 fully saturated rings. The van der Waals surface area contributed by atoms with Crippen LogP contribution >= 0.6 is 24.8 Å². The molecule has 9 heteroatoms. The Morgan fingerprint density at radius 1 is 0.857 bits per heavy atom. The van der Waals surface area contributed by atoms with E-state index in [1.807, 2.05) is 0 Å². The topological polar surface area (TPSA) is 29.4 Å². The summed E-state index contributed by atoms with van der Waals surface area (Å²) in [5, 5.41) is 5.79. The van der Waals surface area contributed by atoms with Crippen molar-refractivity contribution < 1.29 is 17.9 Å². The summed E-state index contributed by atoms with van der Waals surface area (Å²) in [6, 6.07) is 21.2. The van der Waals surface area contributed by atoms with Crippen molar-refractivity contribution in [3.63, 3.8) is 0 Å². The van der Waals surface area contributed by atoms with Gasteiger partial charge in [-0.25, -0.2) is 0 Å². The summed E-state index contributed by atoms with van der Waals surface area (Å²) in [6.45, 7) is 6.51. The van der Waals surface area contributed by atoms with Crippen LogP contribution in [-0.2, 0) is 6.54 Å². The normalized spacial score (nSPS) is 15.4. The van der Waals surface area contributed by atoms with E-state index in [1.54, 1.807) is 12.1 Å². The lowest BCUT2D eigenvalue weighted by Gasteiger charge is -2.35. The Morgan fingerprint density at radius 3 is 2.14 bits per heavy atom. The number of nitrogens with zero attached hydrogens (tertiary/aromatic N) is 2. The maximum Gasteiger partial charge on any atom is 0.573 e. The van der Waals surface area contributed by atoms with Crippen molar-refractivity contribution in [2.45, 2.75) is 25.9 Å². The zero-order valence-corrected chi connectivity index (χ0v) is 20.8. The average Bonchev–Trinajstić information content (AvgIpc) is 3.13. The largest absolute Gasteiger partial charge is 0.573 e.